The number of aliphatic hydroxyl groups is 1. The number of hydrogen-bond donors (Lipinski definition) is 2. The van der Waals surface area contributed by atoms with E-state index in [-0.39, 0.29) is 11.4 Å². The normalized spacial score (nSPS) is 19.5. The van der Waals surface area contributed by atoms with Crippen LogP contribution >= 0.6 is 0 Å². The molecule has 21 heavy (non-hydrogen) atoms. The van der Waals surface area contributed by atoms with Gasteiger partial charge in [0.2, 0.25) is 0 Å². The summed E-state index contributed by atoms with van der Waals surface area (Å²) in [6.07, 6.45) is -0.616. The molecule has 0 radical (unpaired) electrons. The van der Waals surface area contributed by atoms with Crippen molar-refractivity contribution < 1.29 is 13.5 Å². The van der Waals surface area contributed by atoms with Crippen molar-refractivity contribution in [1.82, 2.24) is 9.62 Å². The Bertz CT molecular complexity index is 624. The van der Waals surface area contributed by atoms with Gasteiger partial charge >= 0.3 is 0 Å². The third-order valence-corrected chi connectivity index (χ3v) is 4.88. The second-order valence-electron chi connectivity index (χ2n) is 4.93. The highest BCUT2D eigenvalue weighted by atomic mass is 32.2. The minimum atomic E-state index is -3.51. The summed E-state index contributed by atoms with van der Waals surface area (Å²) in [5.74, 6) is 0.309. The summed E-state index contributed by atoms with van der Waals surface area (Å²) in [7, 11) is -3.51. The summed E-state index contributed by atoms with van der Waals surface area (Å²) in [5.41, 5.74) is 0.563. The van der Waals surface area contributed by atoms with Gasteiger partial charge in [-0.15, -0.1) is 0 Å². The van der Waals surface area contributed by atoms with Gasteiger partial charge in [0.15, 0.2) is 0 Å². The number of aliphatic hydroxyl groups excluding tert-OH is 1. The van der Waals surface area contributed by atoms with Crippen molar-refractivity contribution in [3.05, 3.63) is 29.8 Å². The van der Waals surface area contributed by atoms with Gasteiger partial charge in [-0.05, 0) is 25.2 Å². The standard InChI is InChI=1S/C14H21N3O3S/c1-3-17(4-2)10-11(18)9-15-14-12-7-5-6-8-13(12)21(19,20)16-14/h5-8,11,18H,3-4,9-10H2,1-2H3,(H,15,16)/t11-/m1/s1. The Hall–Kier alpha value is -1.44. The highest BCUT2D eigenvalue weighted by Crippen LogP contribution is 2.22. The number of hydrogen-bond acceptors (Lipinski definition) is 5. The first-order valence-corrected chi connectivity index (χ1v) is 8.53. The topological polar surface area (TPSA) is 82.0 Å². The van der Waals surface area contributed by atoms with Crippen molar-refractivity contribution in [2.24, 2.45) is 4.99 Å². The molecule has 1 atom stereocenters. The Kier molecular flexibility index (Phi) is 4.97. The first kappa shape index (κ1) is 15.9. The molecule has 0 saturated heterocycles. The zero-order valence-corrected chi connectivity index (χ0v) is 13.1. The molecule has 0 spiro atoms. The van der Waals surface area contributed by atoms with Crippen LogP contribution in [-0.2, 0) is 10.0 Å². The maximum atomic E-state index is 11.9. The molecule has 116 valence electrons. The van der Waals surface area contributed by atoms with E-state index in [2.05, 4.69) is 14.6 Å². The molecule has 2 N–H and O–H groups in total. The number of likely N-dealkylation sites (N-methyl/N-ethyl adjacent to an activating group) is 1. The number of fused-ring (bicyclic) bond motifs is 1. The highest BCUT2D eigenvalue weighted by molar-refractivity contribution is 7.90. The van der Waals surface area contributed by atoms with Gasteiger partial charge in [0, 0.05) is 12.1 Å². The van der Waals surface area contributed by atoms with Gasteiger partial charge < -0.3 is 10.0 Å². The molecule has 0 unspecified atom stereocenters. The number of aliphatic imine (C=N–C) groups is 1. The van der Waals surface area contributed by atoms with Crippen molar-refractivity contribution in [1.29, 1.82) is 0 Å². The number of amidine groups is 1. The van der Waals surface area contributed by atoms with Gasteiger partial charge in [-0.2, -0.15) is 0 Å². The Morgan fingerprint density at radius 1 is 1.29 bits per heavy atom. The Morgan fingerprint density at radius 2 is 1.95 bits per heavy atom. The molecule has 0 bridgehead atoms. The maximum Gasteiger partial charge on any atom is 0.263 e. The zero-order chi connectivity index (χ0) is 15.5. The lowest BCUT2D eigenvalue weighted by molar-refractivity contribution is 0.125. The van der Waals surface area contributed by atoms with Crippen LogP contribution in [0.3, 0.4) is 0 Å². The van der Waals surface area contributed by atoms with Gasteiger partial charge in [0.1, 0.15) is 5.84 Å². The van der Waals surface area contributed by atoms with Crippen LogP contribution in [0.2, 0.25) is 0 Å². The molecule has 0 saturated carbocycles. The summed E-state index contributed by atoms with van der Waals surface area (Å²) in [6, 6.07) is 6.70. The largest absolute Gasteiger partial charge is 0.390 e. The summed E-state index contributed by atoms with van der Waals surface area (Å²) < 4.78 is 26.3. The average molecular weight is 311 g/mol. The molecule has 1 aromatic rings. The van der Waals surface area contributed by atoms with Gasteiger partial charge in [-0.25, -0.2) is 8.42 Å². The third-order valence-electron chi connectivity index (χ3n) is 3.49. The van der Waals surface area contributed by atoms with Gasteiger partial charge in [0.25, 0.3) is 10.0 Å². The quantitative estimate of drug-likeness (QED) is 0.798. The smallest absolute Gasteiger partial charge is 0.263 e. The van der Waals surface area contributed by atoms with Crippen LogP contribution in [0.15, 0.2) is 34.2 Å². The molecule has 0 aromatic heterocycles. The Morgan fingerprint density at radius 3 is 2.62 bits per heavy atom. The fourth-order valence-corrected chi connectivity index (χ4v) is 3.54. The van der Waals surface area contributed by atoms with Gasteiger partial charge in [-0.3, -0.25) is 9.71 Å². The van der Waals surface area contributed by atoms with Crippen LogP contribution in [0.5, 0.6) is 0 Å². The second-order valence-corrected chi connectivity index (χ2v) is 6.58. The highest BCUT2D eigenvalue weighted by Gasteiger charge is 2.30. The first-order valence-electron chi connectivity index (χ1n) is 7.05. The van der Waals surface area contributed by atoms with Crippen LogP contribution in [0.1, 0.15) is 19.4 Å². The molecule has 0 aliphatic carbocycles. The van der Waals surface area contributed by atoms with Crippen LogP contribution in [-0.4, -0.2) is 56.5 Å². The first-order chi connectivity index (χ1) is 9.97. The third kappa shape index (κ3) is 3.61. The molecule has 0 amide bonds. The molecule has 7 heteroatoms. The van der Waals surface area contributed by atoms with E-state index in [1.165, 1.54) is 0 Å². The lowest BCUT2D eigenvalue weighted by Gasteiger charge is -2.20. The fourth-order valence-electron chi connectivity index (χ4n) is 2.29. The van der Waals surface area contributed by atoms with Crippen LogP contribution in [0.25, 0.3) is 0 Å². The lowest BCUT2D eigenvalue weighted by atomic mass is 10.2. The molecule has 2 rings (SSSR count). The van der Waals surface area contributed by atoms with Crippen LogP contribution in [0.4, 0.5) is 0 Å². The van der Waals surface area contributed by atoms with E-state index >= 15 is 0 Å². The molecule has 1 heterocycles. The second kappa shape index (κ2) is 6.55. The van der Waals surface area contributed by atoms with E-state index in [0.29, 0.717) is 17.9 Å². The summed E-state index contributed by atoms with van der Waals surface area (Å²) >= 11 is 0. The average Bonchev–Trinajstić information content (AvgIpc) is 2.74. The van der Waals surface area contributed by atoms with Crippen molar-refractivity contribution >= 4 is 15.9 Å². The summed E-state index contributed by atoms with van der Waals surface area (Å²) in [4.78, 5) is 6.56. The number of rotatable bonds is 6. The molecule has 0 fully saturated rings. The van der Waals surface area contributed by atoms with E-state index in [1.54, 1.807) is 24.3 Å². The predicted octanol–water partition coefficient (Wildman–Crippen LogP) is 0.428. The van der Waals surface area contributed by atoms with E-state index in [0.717, 1.165) is 13.1 Å². The SMILES string of the molecule is CCN(CC)C[C@H](O)CN=C1NS(=O)(=O)c2ccccc21. The number of benzene rings is 1. The minimum Gasteiger partial charge on any atom is -0.390 e. The van der Waals surface area contributed by atoms with Gasteiger partial charge in [-0.1, -0.05) is 26.0 Å². The molecular weight excluding hydrogens is 290 g/mol. The van der Waals surface area contributed by atoms with Gasteiger partial charge in [0.05, 0.1) is 17.5 Å². The van der Waals surface area contributed by atoms with Crippen molar-refractivity contribution in [3.63, 3.8) is 0 Å². The Labute approximate surface area is 125 Å². The monoisotopic (exact) mass is 311 g/mol. The van der Waals surface area contributed by atoms with Crippen LogP contribution in [0, 0.1) is 0 Å². The van der Waals surface area contributed by atoms with E-state index in [9.17, 15) is 13.5 Å². The van der Waals surface area contributed by atoms with E-state index in [4.69, 9.17) is 0 Å². The molecule has 1 aliphatic heterocycles. The number of nitrogens with one attached hydrogen (secondary N) is 1. The van der Waals surface area contributed by atoms with E-state index in [1.807, 2.05) is 13.8 Å². The zero-order valence-electron chi connectivity index (χ0n) is 12.3. The summed E-state index contributed by atoms with van der Waals surface area (Å²) in [6.45, 7) is 6.48. The van der Waals surface area contributed by atoms with E-state index < -0.39 is 16.1 Å². The van der Waals surface area contributed by atoms with Crippen molar-refractivity contribution in [3.8, 4) is 0 Å². The molecule has 6 nitrogen and oxygen atoms in total. The van der Waals surface area contributed by atoms with Crippen molar-refractivity contribution in [2.45, 2.75) is 24.8 Å². The molecular formula is C14H21N3O3S. The van der Waals surface area contributed by atoms with Crippen molar-refractivity contribution in [2.75, 3.05) is 26.2 Å². The number of nitrogens with zero attached hydrogens (tertiary/aromatic N) is 2. The Balaban J connectivity index is 2.10. The fraction of sp³-hybridized carbons (Fsp3) is 0.500. The number of sulfonamides is 1. The van der Waals surface area contributed by atoms with Crippen LogP contribution < -0.4 is 4.72 Å². The summed E-state index contributed by atoms with van der Waals surface area (Å²) in [5, 5.41) is 9.99. The molecule has 1 aliphatic rings. The predicted molar refractivity (Wildman–Crippen MR) is 82.0 cm³/mol. The molecule has 1 aromatic carbocycles. The minimum absolute atomic E-state index is 0.169. The maximum absolute atomic E-state index is 11.9. The lowest BCUT2D eigenvalue weighted by Crippen LogP contribution is -2.34.